The summed E-state index contributed by atoms with van der Waals surface area (Å²) in [6.45, 7) is 2.48. The Morgan fingerprint density at radius 2 is 2.04 bits per heavy atom. The van der Waals surface area contributed by atoms with Gasteiger partial charge in [0.2, 0.25) is 0 Å². The lowest BCUT2D eigenvalue weighted by Crippen LogP contribution is -2.44. The summed E-state index contributed by atoms with van der Waals surface area (Å²) in [6.07, 6.45) is 0.385. The van der Waals surface area contributed by atoms with Crippen LogP contribution >= 0.6 is 0 Å². The van der Waals surface area contributed by atoms with E-state index in [1.54, 1.807) is 6.07 Å². The van der Waals surface area contributed by atoms with E-state index in [-0.39, 0.29) is 5.75 Å². The van der Waals surface area contributed by atoms with Crippen LogP contribution in [-0.2, 0) is 12.0 Å². The Labute approximate surface area is 136 Å². The number of hydrogen-bond acceptors (Lipinski definition) is 3. The van der Waals surface area contributed by atoms with Crippen LogP contribution < -0.4 is 10.1 Å². The van der Waals surface area contributed by atoms with Crippen molar-refractivity contribution in [2.45, 2.75) is 31.5 Å². The van der Waals surface area contributed by atoms with Crippen molar-refractivity contribution in [2.75, 3.05) is 13.6 Å². The zero-order chi connectivity index (χ0) is 16.4. The highest BCUT2D eigenvalue weighted by atomic mass is 19.1. The van der Waals surface area contributed by atoms with Crippen LogP contribution in [0.2, 0.25) is 0 Å². The molecule has 2 aromatic carbocycles. The molecule has 2 N–H and O–H groups in total. The smallest absolute Gasteiger partial charge is 0.165 e. The molecule has 0 fully saturated rings. The van der Waals surface area contributed by atoms with Gasteiger partial charge in [-0.05, 0) is 37.7 Å². The molecule has 1 aliphatic carbocycles. The van der Waals surface area contributed by atoms with Crippen molar-refractivity contribution in [1.29, 1.82) is 0 Å². The van der Waals surface area contributed by atoms with Gasteiger partial charge >= 0.3 is 0 Å². The molecule has 4 heteroatoms. The van der Waals surface area contributed by atoms with Gasteiger partial charge < -0.3 is 15.2 Å². The predicted octanol–water partition coefficient (Wildman–Crippen LogP) is 2.93. The second-order valence-electron chi connectivity index (χ2n) is 6.11. The van der Waals surface area contributed by atoms with Crippen molar-refractivity contribution in [3.63, 3.8) is 0 Å². The molecule has 0 spiro atoms. The lowest BCUT2D eigenvalue weighted by atomic mass is 9.89. The third-order valence-corrected chi connectivity index (χ3v) is 4.62. The van der Waals surface area contributed by atoms with Gasteiger partial charge in [0, 0.05) is 18.4 Å². The summed E-state index contributed by atoms with van der Waals surface area (Å²) in [5.41, 5.74) is 1.81. The number of rotatable bonds is 5. The van der Waals surface area contributed by atoms with E-state index in [2.05, 4.69) is 5.32 Å². The number of fused-ring (bicyclic) bond motifs is 1. The number of aliphatic hydroxyl groups is 1. The molecule has 0 aliphatic heterocycles. The van der Waals surface area contributed by atoms with Crippen molar-refractivity contribution in [3.8, 4) is 5.75 Å². The van der Waals surface area contributed by atoms with Gasteiger partial charge in [0.1, 0.15) is 6.10 Å². The van der Waals surface area contributed by atoms with Gasteiger partial charge in [-0.1, -0.05) is 36.4 Å². The number of aryl methyl sites for hydroxylation is 1. The minimum Gasteiger partial charge on any atom is -0.476 e. The molecule has 0 amide bonds. The summed E-state index contributed by atoms with van der Waals surface area (Å²) in [5.74, 6) is -0.176. The van der Waals surface area contributed by atoms with Crippen LogP contribution in [-0.4, -0.2) is 24.8 Å². The number of ether oxygens (including phenoxy) is 1. The second-order valence-corrected chi connectivity index (χ2v) is 6.11. The molecule has 2 atom stereocenters. The van der Waals surface area contributed by atoms with E-state index in [4.69, 9.17) is 4.74 Å². The fourth-order valence-corrected chi connectivity index (χ4v) is 3.38. The maximum atomic E-state index is 14.3. The molecule has 0 bridgehead atoms. The molecule has 2 unspecified atom stereocenters. The van der Waals surface area contributed by atoms with E-state index in [1.807, 2.05) is 44.3 Å². The quantitative estimate of drug-likeness (QED) is 0.891. The molecule has 0 heterocycles. The Hall–Kier alpha value is -1.91. The van der Waals surface area contributed by atoms with Crippen LogP contribution in [0.1, 0.15) is 23.1 Å². The van der Waals surface area contributed by atoms with E-state index < -0.39 is 17.5 Å². The first-order chi connectivity index (χ1) is 11.1. The molecule has 3 nitrogen and oxygen atoms in total. The fraction of sp³-hybridized carbons (Fsp3) is 0.368. The highest BCUT2D eigenvalue weighted by Crippen LogP contribution is 2.44. The first-order valence-corrected chi connectivity index (χ1v) is 7.93. The molecule has 3 rings (SSSR count). The minimum atomic E-state index is -0.924. The van der Waals surface area contributed by atoms with Gasteiger partial charge in [-0.3, -0.25) is 0 Å². The largest absolute Gasteiger partial charge is 0.476 e. The molecule has 0 saturated carbocycles. The average molecular weight is 315 g/mol. The van der Waals surface area contributed by atoms with E-state index in [9.17, 15) is 9.50 Å². The van der Waals surface area contributed by atoms with Crippen molar-refractivity contribution >= 4 is 0 Å². The predicted molar refractivity (Wildman–Crippen MR) is 88.1 cm³/mol. The molecule has 2 aromatic rings. The maximum Gasteiger partial charge on any atom is 0.165 e. The summed E-state index contributed by atoms with van der Waals surface area (Å²) in [7, 11) is 1.86. The monoisotopic (exact) mass is 315 g/mol. The Balaban J connectivity index is 2.08. The Bertz CT molecular complexity index is 683. The Kier molecular flexibility index (Phi) is 4.37. The molecule has 0 saturated heterocycles. The van der Waals surface area contributed by atoms with Crippen molar-refractivity contribution in [2.24, 2.45) is 0 Å². The van der Waals surface area contributed by atoms with Gasteiger partial charge in [-0.15, -0.1) is 0 Å². The van der Waals surface area contributed by atoms with Crippen molar-refractivity contribution in [3.05, 3.63) is 65.0 Å². The molecule has 1 aliphatic rings. The van der Waals surface area contributed by atoms with Crippen molar-refractivity contribution < 1.29 is 14.2 Å². The summed E-state index contributed by atoms with van der Waals surface area (Å²) in [6, 6.07) is 12.7. The summed E-state index contributed by atoms with van der Waals surface area (Å²) in [4.78, 5) is 0. The average Bonchev–Trinajstić information content (AvgIpc) is 2.81. The number of nitrogens with one attached hydrogen (secondary N) is 1. The van der Waals surface area contributed by atoms with Gasteiger partial charge in [0.05, 0.1) is 0 Å². The lowest BCUT2D eigenvalue weighted by Gasteiger charge is -2.35. The van der Waals surface area contributed by atoms with Crippen LogP contribution in [0.4, 0.5) is 4.39 Å². The first-order valence-electron chi connectivity index (χ1n) is 7.93. The normalized spacial score (nSPS) is 22.9. The maximum absolute atomic E-state index is 14.3. The molecular weight excluding hydrogens is 293 g/mol. The number of halogens is 1. The summed E-state index contributed by atoms with van der Waals surface area (Å²) < 4.78 is 20.5. The van der Waals surface area contributed by atoms with Gasteiger partial charge in [-0.2, -0.15) is 0 Å². The van der Waals surface area contributed by atoms with E-state index in [0.29, 0.717) is 19.4 Å². The highest BCUT2D eigenvalue weighted by Gasteiger charge is 2.48. The fourth-order valence-electron chi connectivity index (χ4n) is 3.38. The third kappa shape index (κ3) is 2.73. The van der Waals surface area contributed by atoms with Crippen LogP contribution in [0.5, 0.6) is 5.75 Å². The number of benzene rings is 2. The molecule has 0 radical (unpaired) electrons. The molecule has 23 heavy (non-hydrogen) atoms. The Morgan fingerprint density at radius 1 is 1.26 bits per heavy atom. The van der Waals surface area contributed by atoms with E-state index in [0.717, 1.165) is 16.7 Å². The summed E-state index contributed by atoms with van der Waals surface area (Å²) >= 11 is 0. The standard InChI is InChI=1S/C19H22FNO2/c1-13-6-5-9-16(20)18(13)23-19(10-11-21-2)15-8-4-3-7-14(15)12-17(19)22/h3-9,17,21-22H,10-12H2,1-2H3. The second kappa shape index (κ2) is 6.30. The van der Waals surface area contributed by atoms with Crippen LogP contribution in [0, 0.1) is 12.7 Å². The van der Waals surface area contributed by atoms with Crippen LogP contribution in [0.15, 0.2) is 42.5 Å². The molecule has 0 aromatic heterocycles. The summed E-state index contributed by atoms with van der Waals surface area (Å²) in [5, 5.41) is 13.9. The van der Waals surface area contributed by atoms with Crippen LogP contribution in [0.3, 0.4) is 0 Å². The zero-order valence-electron chi connectivity index (χ0n) is 13.5. The highest BCUT2D eigenvalue weighted by molar-refractivity contribution is 5.43. The topological polar surface area (TPSA) is 41.5 Å². The van der Waals surface area contributed by atoms with Gasteiger partial charge in [0.15, 0.2) is 17.2 Å². The molecular formula is C19H22FNO2. The van der Waals surface area contributed by atoms with Crippen molar-refractivity contribution in [1.82, 2.24) is 5.32 Å². The number of para-hydroxylation sites is 1. The zero-order valence-corrected chi connectivity index (χ0v) is 13.5. The lowest BCUT2D eigenvalue weighted by molar-refractivity contribution is -0.0540. The minimum absolute atomic E-state index is 0.222. The number of hydrogen-bond donors (Lipinski definition) is 2. The van der Waals surface area contributed by atoms with Gasteiger partial charge in [-0.25, -0.2) is 4.39 Å². The molecule has 122 valence electrons. The number of aliphatic hydroxyl groups excluding tert-OH is 1. The first kappa shape index (κ1) is 16.0. The Morgan fingerprint density at radius 3 is 2.78 bits per heavy atom. The van der Waals surface area contributed by atoms with E-state index >= 15 is 0 Å². The van der Waals surface area contributed by atoms with Gasteiger partial charge in [0.25, 0.3) is 0 Å². The van der Waals surface area contributed by atoms with E-state index in [1.165, 1.54) is 6.07 Å². The van der Waals surface area contributed by atoms with Crippen LogP contribution in [0.25, 0.3) is 0 Å². The third-order valence-electron chi connectivity index (χ3n) is 4.62. The SMILES string of the molecule is CNCCC1(Oc2c(C)cccc2F)c2ccccc2CC1O.